The third-order valence-electron chi connectivity index (χ3n) is 2.19. The highest BCUT2D eigenvalue weighted by Gasteiger charge is 2.10. The minimum atomic E-state index is -1.09. The molecule has 6 nitrogen and oxygen atoms in total. The van der Waals surface area contributed by atoms with E-state index in [4.69, 9.17) is 10.2 Å². The van der Waals surface area contributed by atoms with E-state index < -0.39 is 19.0 Å². The number of carboxylic acids is 1. The van der Waals surface area contributed by atoms with Crippen LogP contribution in [0.25, 0.3) is 0 Å². The average Bonchev–Trinajstić information content (AvgIpc) is 2.28. The Morgan fingerprint density at radius 2 is 1.74 bits per heavy atom. The molecular formula is C12H19NO5Si. The van der Waals surface area contributed by atoms with Crippen LogP contribution in [0, 0.1) is 10.1 Å². The molecule has 0 saturated heterocycles. The molecule has 0 atom stereocenters. The largest absolute Gasteiger partial charge is 0.478 e. The third kappa shape index (κ3) is 8.06. The number of rotatable bonds is 4. The summed E-state index contributed by atoms with van der Waals surface area (Å²) in [5.41, 5.74) is -0.0689. The highest BCUT2D eigenvalue weighted by molar-refractivity contribution is 6.76. The number of aromatic carboxylic acids is 1. The summed E-state index contributed by atoms with van der Waals surface area (Å²) in [5.74, 6) is -1.09. The normalized spacial score (nSPS) is 10.3. The molecule has 1 rings (SSSR count). The number of non-ortho nitro benzene ring substituents is 1. The summed E-state index contributed by atoms with van der Waals surface area (Å²) < 4.78 is 0. The van der Waals surface area contributed by atoms with Crippen molar-refractivity contribution < 1.29 is 19.9 Å². The highest BCUT2D eigenvalue weighted by Crippen LogP contribution is 2.11. The fourth-order valence-corrected chi connectivity index (χ4v) is 1.73. The number of carboxylic acid groups (broad SMARTS) is 1. The van der Waals surface area contributed by atoms with Gasteiger partial charge in [0.25, 0.3) is 5.69 Å². The maximum atomic E-state index is 10.3. The topological polar surface area (TPSA) is 101 Å². The average molecular weight is 285 g/mol. The van der Waals surface area contributed by atoms with Gasteiger partial charge in [-0.1, -0.05) is 19.6 Å². The van der Waals surface area contributed by atoms with Gasteiger partial charge in [0.05, 0.1) is 10.5 Å². The van der Waals surface area contributed by atoms with Crippen LogP contribution in [0.3, 0.4) is 0 Å². The molecule has 0 aliphatic heterocycles. The van der Waals surface area contributed by atoms with Gasteiger partial charge in [-0.3, -0.25) is 10.1 Å². The number of aliphatic hydroxyl groups is 1. The number of hydrogen-bond donors (Lipinski definition) is 2. The van der Waals surface area contributed by atoms with Crippen molar-refractivity contribution in [3.8, 4) is 0 Å². The monoisotopic (exact) mass is 285 g/mol. The van der Waals surface area contributed by atoms with Crippen LogP contribution in [0.15, 0.2) is 24.3 Å². The molecule has 106 valence electrons. The number of nitro benzene ring substituents is 1. The molecule has 0 radical (unpaired) electrons. The number of hydrogen-bond acceptors (Lipinski definition) is 4. The summed E-state index contributed by atoms with van der Waals surface area (Å²) in [4.78, 5) is 19.9. The molecule has 0 bridgehead atoms. The first-order chi connectivity index (χ1) is 8.67. The van der Waals surface area contributed by atoms with E-state index in [-0.39, 0.29) is 11.3 Å². The summed E-state index contributed by atoms with van der Waals surface area (Å²) >= 11 is 0. The summed E-state index contributed by atoms with van der Waals surface area (Å²) in [5, 5.41) is 27.0. The predicted octanol–water partition coefficient (Wildman–Crippen LogP) is 2.61. The van der Waals surface area contributed by atoms with Crippen molar-refractivity contribution in [3.63, 3.8) is 0 Å². The smallest absolute Gasteiger partial charge is 0.335 e. The van der Waals surface area contributed by atoms with E-state index in [0.717, 1.165) is 18.2 Å². The van der Waals surface area contributed by atoms with E-state index in [1.165, 1.54) is 12.1 Å². The number of nitro groups is 1. The van der Waals surface area contributed by atoms with Crippen molar-refractivity contribution in [3.05, 3.63) is 39.9 Å². The molecule has 0 aromatic heterocycles. The molecule has 0 heterocycles. The van der Waals surface area contributed by atoms with E-state index in [1.807, 2.05) is 0 Å². The minimum Gasteiger partial charge on any atom is -0.478 e. The summed E-state index contributed by atoms with van der Waals surface area (Å²) in [6, 6.07) is 5.74. The van der Waals surface area contributed by atoms with Crippen LogP contribution in [-0.4, -0.2) is 35.8 Å². The van der Waals surface area contributed by atoms with Gasteiger partial charge in [0, 0.05) is 26.8 Å². The second-order valence-electron chi connectivity index (χ2n) is 5.14. The van der Waals surface area contributed by atoms with Crippen molar-refractivity contribution in [2.24, 2.45) is 0 Å². The van der Waals surface area contributed by atoms with Gasteiger partial charge in [0.2, 0.25) is 0 Å². The minimum absolute atomic E-state index is 0.0422. The van der Waals surface area contributed by atoms with Gasteiger partial charge in [0.1, 0.15) is 0 Å². The summed E-state index contributed by atoms with van der Waals surface area (Å²) in [7, 11) is -0.907. The third-order valence-corrected chi connectivity index (χ3v) is 3.91. The number of benzene rings is 1. The second kappa shape index (κ2) is 7.65. The molecule has 0 aliphatic rings. The lowest BCUT2D eigenvalue weighted by Crippen LogP contribution is -2.20. The van der Waals surface area contributed by atoms with E-state index in [1.54, 1.807) is 0 Å². The van der Waals surface area contributed by atoms with Crippen LogP contribution in [0.1, 0.15) is 10.4 Å². The molecule has 0 fully saturated rings. The predicted molar refractivity (Wildman–Crippen MR) is 75.3 cm³/mol. The maximum Gasteiger partial charge on any atom is 0.335 e. The van der Waals surface area contributed by atoms with Crippen molar-refractivity contribution in [2.45, 2.75) is 25.7 Å². The quantitative estimate of drug-likeness (QED) is 0.503. The molecule has 0 saturated carbocycles. The van der Waals surface area contributed by atoms with Gasteiger partial charge in [0.15, 0.2) is 0 Å². The van der Waals surface area contributed by atoms with Crippen molar-refractivity contribution in [1.82, 2.24) is 0 Å². The first-order valence-corrected chi connectivity index (χ1v) is 9.46. The van der Waals surface area contributed by atoms with E-state index in [9.17, 15) is 14.9 Å². The van der Waals surface area contributed by atoms with Crippen LogP contribution < -0.4 is 0 Å². The number of carbonyl (C=O) groups is 1. The first-order valence-electron chi connectivity index (χ1n) is 5.76. The second-order valence-corrected chi connectivity index (χ2v) is 10.8. The molecular weight excluding hydrogens is 266 g/mol. The van der Waals surface area contributed by atoms with Crippen molar-refractivity contribution >= 4 is 19.7 Å². The zero-order valence-electron chi connectivity index (χ0n) is 11.3. The zero-order valence-corrected chi connectivity index (χ0v) is 12.3. The Hall–Kier alpha value is -1.73. The molecule has 0 spiro atoms. The first kappa shape index (κ1) is 17.3. The van der Waals surface area contributed by atoms with Gasteiger partial charge >= 0.3 is 5.97 Å². The standard InChI is InChI=1S/C7H5NO4.C5H14OSi/c9-7(10)5-1-3-6(4-2-5)8(11)12;1-7(2,3)5-4-6/h1-4H,(H,9,10);6H,4-5H2,1-3H3. The van der Waals surface area contributed by atoms with Crippen LogP contribution in [0.2, 0.25) is 25.7 Å². The lowest BCUT2D eigenvalue weighted by Gasteiger charge is -2.11. The van der Waals surface area contributed by atoms with Gasteiger partial charge in [-0.2, -0.15) is 0 Å². The summed E-state index contributed by atoms with van der Waals surface area (Å²) in [6.45, 7) is 7.13. The SMILES string of the molecule is C[Si](C)(C)CCO.O=C(O)c1ccc([N+](=O)[O-])cc1. The summed E-state index contributed by atoms with van der Waals surface area (Å²) in [6.07, 6.45) is 0. The Bertz CT molecular complexity index is 392. The molecule has 0 amide bonds. The van der Waals surface area contributed by atoms with Crippen LogP contribution in [0.4, 0.5) is 5.69 Å². The fraction of sp³-hybridized carbons (Fsp3) is 0.417. The van der Waals surface area contributed by atoms with E-state index >= 15 is 0 Å². The van der Waals surface area contributed by atoms with Gasteiger partial charge in [-0.05, 0) is 18.2 Å². The molecule has 0 unspecified atom stereocenters. The molecule has 0 aliphatic carbocycles. The van der Waals surface area contributed by atoms with Crippen molar-refractivity contribution in [1.29, 1.82) is 0 Å². The van der Waals surface area contributed by atoms with Gasteiger partial charge < -0.3 is 10.2 Å². The van der Waals surface area contributed by atoms with E-state index in [0.29, 0.717) is 6.61 Å². The van der Waals surface area contributed by atoms with Gasteiger partial charge in [-0.25, -0.2) is 4.79 Å². The maximum absolute atomic E-state index is 10.3. The van der Waals surface area contributed by atoms with Crippen LogP contribution in [0.5, 0.6) is 0 Å². The lowest BCUT2D eigenvalue weighted by atomic mass is 10.2. The van der Waals surface area contributed by atoms with Crippen LogP contribution >= 0.6 is 0 Å². The Balaban J connectivity index is 0.000000399. The van der Waals surface area contributed by atoms with Crippen LogP contribution in [-0.2, 0) is 0 Å². The fourth-order valence-electron chi connectivity index (χ4n) is 1.06. The Morgan fingerprint density at radius 3 is 1.95 bits per heavy atom. The van der Waals surface area contributed by atoms with Crippen molar-refractivity contribution in [2.75, 3.05) is 6.61 Å². The molecule has 1 aromatic rings. The molecule has 19 heavy (non-hydrogen) atoms. The van der Waals surface area contributed by atoms with E-state index in [2.05, 4.69) is 19.6 Å². The highest BCUT2D eigenvalue weighted by atomic mass is 28.3. The zero-order chi connectivity index (χ0) is 15.1. The Labute approximate surface area is 112 Å². The number of aliphatic hydroxyl groups excluding tert-OH is 1. The van der Waals surface area contributed by atoms with Gasteiger partial charge in [-0.15, -0.1) is 0 Å². The molecule has 2 N–H and O–H groups in total. The Morgan fingerprint density at radius 1 is 1.26 bits per heavy atom. The lowest BCUT2D eigenvalue weighted by molar-refractivity contribution is -0.384. The Kier molecular flexibility index (Phi) is 6.95. The number of nitrogens with zero attached hydrogens (tertiary/aromatic N) is 1. The molecule has 1 aromatic carbocycles. The molecule has 7 heteroatoms.